The highest BCUT2D eigenvalue weighted by Gasteiger charge is 2.11. The van der Waals surface area contributed by atoms with E-state index in [4.69, 9.17) is 13.9 Å². The molecule has 0 aliphatic rings. The molecule has 0 radical (unpaired) electrons. The Morgan fingerprint density at radius 1 is 1.10 bits per heavy atom. The molecule has 29 heavy (non-hydrogen) atoms. The lowest BCUT2D eigenvalue weighted by molar-refractivity contribution is 0.104. The summed E-state index contributed by atoms with van der Waals surface area (Å²) in [7, 11) is 5.51. The van der Waals surface area contributed by atoms with Crippen LogP contribution in [0.5, 0.6) is 11.5 Å². The molecule has 1 heterocycles. The van der Waals surface area contributed by atoms with Gasteiger partial charge in [-0.15, -0.1) is 0 Å². The van der Waals surface area contributed by atoms with Gasteiger partial charge >= 0.3 is 5.63 Å². The lowest BCUT2D eigenvalue weighted by Crippen LogP contribution is -2.19. The van der Waals surface area contributed by atoms with Gasteiger partial charge in [0.2, 0.25) is 0 Å². The van der Waals surface area contributed by atoms with Gasteiger partial charge in [0.05, 0.1) is 7.11 Å². The zero-order valence-electron chi connectivity index (χ0n) is 16.7. The van der Waals surface area contributed by atoms with Gasteiger partial charge in [-0.1, -0.05) is 30.3 Å². The molecule has 0 aliphatic heterocycles. The molecule has 0 aliphatic carbocycles. The minimum atomic E-state index is -0.652. The quantitative estimate of drug-likeness (QED) is 0.331. The molecule has 6 heteroatoms. The van der Waals surface area contributed by atoms with E-state index >= 15 is 0 Å². The van der Waals surface area contributed by atoms with Crippen LogP contribution < -0.4 is 15.1 Å². The molecule has 0 fully saturated rings. The lowest BCUT2D eigenvalue weighted by atomic mass is 10.1. The van der Waals surface area contributed by atoms with Crippen LogP contribution in [-0.4, -0.2) is 45.0 Å². The predicted octanol–water partition coefficient (Wildman–Crippen LogP) is 3.64. The topological polar surface area (TPSA) is 69.0 Å². The van der Waals surface area contributed by atoms with Crippen LogP contribution >= 0.6 is 0 Å². The number of hydrogen-bond acceptors (Lipinski definition) is 6. The number of rotatable bonds is 8. The molecule has 6 nitrogen and oxygen atoms in total. The zero-order valence-corrected chi connectivity index (χ0v) is 16.7. The van der Waals surface area contributed by atoms with E-state index in [1.165, 1.54) is 6.08 Å². The maximum atomic E-state index is 12.5. The van der Waals surface area contributed by atoms with Crippen LogP contribution in [0.1, 0.15) is 15.9 Å². The number of carbonyl (C=O) groups is 1. The maximum absolute atomic E-state index is 12.5. The van der Waals surface area contributed by atoms with Gasteiger partial charge in [0.25, 0.3) is 0 Å². The van der Waals surface area contributed by atoms with Gasteiger partial charge in [-0.25, -0.2) is 4.79 Å². The highest BCUT2D eigenvalue weighted by Crippen LogP contribution is 2.28. The molecule has 0 N–H and O–H groups in total. The van der Waals surface area contributed by atoms with Crippen molar-refractivity contribution in [3.8, 4) is 11.5 Å². The van der Waals surface area contributed by atoms with Gasteiger partial charge in [0.15, 0.2) is 17.3 Å². The second-order valence-corrected chi connectivity index (χ2v) is 6.74. The number of hydrogen-bond donors (Lipinski definition) is 0. The van der Waals surface area contributed by atoms with E-state index in [0.717, 1.165) is 12.1 Å². The molecular weight excluding hydrogens is 370 g/mol. The van der Waals surface area contributed by atoms with Crippen LogP contribution in [0, 0.1) is 0 Å². The number of fused-ring (bicyclic) bond motifs is 1. The summed E-state index contributed by atoms with van der Waals surface area (Å²) >= 11 is 0. The Balaban J connectivity index is 1.78. The van der Waals surface area contributed by atoms with E-state index in [1.54, 1.807) is 49.6 Å². The summed E-state index contributed by atoms with van der Waals surface area (Å²) in [5.74, 6) is 0.784. The Labute approximate surface area is 169 Å². The zero-order chi connectivity index (χ0) is 20.8. The monoisotopic (exact) mass is 393 g/mol. The molecule has 0 atom stereocenters. The number of likely N-dealkylation sites (N-methyl/N-ethyl adjacent to an activating group) is 1. The number of allylic oxidation sites excluding steroid dienone is 1. The van der Waals surface area contributed by atoms with Crippen molar-refractivity contribution in [3.05, 3.63) is 76.2 Å². The van der Waals surface area contributed by atoms with Crippen LogP contribution in [0.25, 0.3) is 17.0 Å². The Morgan fingerprint density at radius 3 is 2.66 bits per heavy atom. The van der Waals surface area contributed by atoms with Crippen molar-refractivity contribution in [1.29, 1.82) is 0 Å². The molecule has 0 spiro atoms. The summed E-state index contributed by atoms with van der Waals surface area (Å²) in [4.78, 5) is 26.6. The van der Waals surface area contributed by atoms with Crippen LogP contribution in [0.4, 0.5) is 0 Å². The highest BCUT2D eigenvalue weighted by molar-refractivity contribution is 6.07. The molecule has 0 unspecified atom stereocenters. The predicted molar refractivity (Wildman–Crippen MR) is 113 cm³/mol. The van der Waals surface area contributed by atoms with Gasteiger partial charge in [-0.3, -0.25) is 4.79 Å². The Kier molecular flexibility index (Phi) is 6.46. The SMILES string of the molecule is COc1cc(/C=C/C(=O)c2cc3ccccc3oc2=O)ccc1OCCN(C)C. The van der Waals surface area contributed by atoms with Crippen molar-refractivity contribution in [2.24, 2.45) is 0 Å². The fraction of sp³-hybridized carbons (Fsp3) is 0.217. The van der Waals surface area contributed by atoms with Crippen molar-refractivity contribution in [2.75, 3.05) is 34.4 Å². The summed E-state index contributed by atoms with van der Waals surface area (Å²) in [5, 5.41) is 0.699. The number of para-hydroxylation sites is 1. The second-order valence-electron chi connectivity index (χ2n) is 6.74. The average Bonchev–Trinajstić information content (AvgIpc) is 2.71. The minimum absolute atomic E-state index is 0.00412. The second kappa shape index (κ2) is 9.21. The highest BCUT2D eigenvalue weighted by atomic mass is 16.5. The third-order valence-corrected chi connectivity index (χ3v) is 4.32. The van der Waals surface area contributed by atoms with Gasteiger partial charge in [-0.05, 0) is 50.0 Å². The van der Waals surface area contributed by atoms with E-state index in [1.807, 2.05) is 31.1 Å². The first-order chi connectivity index (χ1) is 14.0. The lowest BCUT2D eigenvalue weighted by Gasteiger charge is -2.13. The molecule has 3 rings (SSSR count). The maximum Gasteiger partial charge on any atom is 0.347 e. The van der Waals surface area contributed by atoms with Gasteiger partial charge in [0.1, 0.15) is 17.8 Å². The number of ether oxygens (including phenoxy) is 2. The van der Waals surface area contributed by atoms with Crippen molar-refractivity contribution in [3.63, 3.8) is 0 Å². The molecule has 2 aromatic carbocycles. The van der Waals surface area contributed by atoms with Crippen molar-refractivity contribution in [1.82, 2.24) is 4.90 Å². The summed E-state index contributed by atoms with van der Waals surface area (Å²) in [6.07, 6.45) is 2.98. The molecule has 0 amide bonds. The van der Waals surface area contributed by atoms with Gasteiger partial charge in [0, 0.05) is 11.9 Å². The van der Waals surface area contributed by atoms with Crippen molar-refractivity contribution < 1.29 is 18.7 Å². The number of nitrogens with zero attached hydrogens (tertiary/aromatic N) is 1. The summed E-state index contributed by atoms with van der Waals surface area (Å²) in [5.41, 5.74) is 0.545. The van der Waals surface area contributed by atoms with E-state index < -0.39 is 11.4 Å². The number of methoxy groups -OCH3 is 1. The number of carbonyl (C=O) groups excluding carboxylic acids is 1. The fourth-order valence-electron chi connectivity index (χ4n) is 2.74. The first-order valence-electron chi connectivity index (χ1n) is 9.19. The Morgan fingerprint density at radius 2 is 1.90 bits per heavy atom. The van der Waals surface area contributed by atoms with E-state index in [9.17, 15) is 9.59 Å². The average molecular weight is 393 g/mol. The van der Waals surface area contributed by atoms with Crippen LogP contribution in [0.15, 0.2) is 63.8 Å². The van der Waals surface area contributed by atoms with E-state index in [2.05, 4.69) is 0 Å². The normalized spacial score (nSPS) is 11.3. The van der Waals surface area contributed by atoms with E-state index in [0.29, 0.717) is 29.1 Å². The molecule has 3 aromatic rings. The minimum Gasteiger partial charge on any atom is -0.493 e. The fourth-order valence-corrected chi connectivity index (χ4v) is 2.74. The first kappa shape index (κ1) is 20.4. The first-order valence-corrected chi connectivity index (χ1v) is 9.19. The summed E-state index contributed by atoms with van der Waals surface area (Å²) < 4.78 is 16.3. The van der Waals surface area contributed by atoms with Crippen molar-refractivity contribution in [2.45, 2.75) is 0 Å². The third-order valence-electron chi connectivity index (χ3n) is 4.32. The standard InChI is InChI=1S/C23H23NO5/c1-24(2)12-13-28-21-11-9-16(14-22(21)27-3)8-10-19(25)18-15-17-6-4-5-7-20(17)29-23(18)26/h4-11,14-15H,12-13H2,1-3H3/b10-8+. The number of ketones is 1. The molecular formula is C23H23NO5. The summed E-state index contributed by atoms with van der Waals surface area (Å²) in [6.45, 7) is 1.32. The molecule has 0 bridgehead atoms. The Bertz CT molecular complexity index is 1100. The molecule has 1 aromatic heterocycles. The molecule has 150 valence electrons. The van der Waals surface area contributed by atoms with Crippen LogP contribution in [0.3, 0.4) is 0 Å². The van der Waals surface area contributed by atoms with Crippen LogP contribution in [-0.2, 0) is 0 Å². The van der Waals surface area contributed by atoms with E-state index in [-0.39, 0.29) is 5.56 Å². The largest absolute Gasteiger partial charge is 0.493 e. The Hall–Kier alpha value is -3.38. The smallest absolute Gasteiger partial charge is 0.347 e. The van der Waals surface area contributed by atoms with Crippen LogP contribution in [0.2, 0.25) is 0 Å². The number of benzene rings is 2. The van der Waals surface area contributed by atoms with Gasteiger partial charge in [-0.2, -0.15) is 0 Å². The molecule has 0 saturated carbocycles. The summed E-state index contributed by atoms with van der Waals surface area (Å²) in [6, 6.07) is 14.0. The third kappa shape index (κ3) is 5.12. The van der Waals surface area contributed by atoms with Crippen molar-refractivity contribution >= 4 is 22.8 Å². The van der Waals surface area contributed by atoms with Gasteiger partial charge < -0.3 is 18.8 Å². The molecule has 0 saturated heterocycles.